The van der Waals surface area contributed by atoms with Gasteiger partial charge in [-0.2, -0.15) is 0 Å². The van der Waals surface area contributed by atoms with Gasteiger partial charge in [-0.1, -0.05) is 0 Å². The summed E-state index contributed by atoms with van der Waals surface area (Å²) in [5.41, 5.74) is 15.3. The van der Waals surface area contributed by atoms with Crippen LogP contribution in [0.15, 0.2) is 0 Å². The molecule has 0 aliphatic carbocycles. The predicted octanol–water partition coefficient (Wildman–Crippen LogP) is -4.20. The molecule has 3 atom stereocenters. The standard InChI is InChI=1S/C12H22N6O5/c1-5(10(15)21)17-9(20)4-16-11(22)6(2)18-12(23)7(13)3-8(14)19/h5-7H,3-4,13H2,1-2H3,(H2,14,19)(H2,15,21)(H,16,22)(H,17,20)(H,18,23)/t5?,6-,7?/m1/s1. The zero-order chi connectivity index (χ0) is 18.2. The van der Waals surface area contributed by atoms with Crippen LogP contribution in [-0.2, 0) is 24.0 Å². The van der Waals surface area contributed by atoms with E-state index >= 15 is 0 Å². The van der Waals surface area contributed by atoms with E-state index in [1.54, 1.807) is 0 Å². The number of nitrogens with two attached hydrogens (primary N) is 3. The molecular formula is C12H22N6O5. The number of carbonyl (C=O) groups excluding carboxylic acids is 5. The van der Waals surface area contributed by atoms with E-state index < -0.39 is 54.2 Å². The van der Waals surface area contributed by atoms with Crippen molar-refractivity contribution in [2.24, 2.45) is 17.2 Å². The van der Waals surface area contributed by atoms with Crippen molar-refractivity contribution in [3.8, 4) is 0 Å². The fraction of sp³-hybridized carbons (Fsp3) is 0.583. The Morgan fingerprint density at radius 3 is 1.96 bits per heavy atom. The van der Waals surface area contributed by atoms with Gasteiger partial charge in [0.15, 0.2) is 0 Å². The first-order valence-corrected chi connectivity index (χ1v) is 6.75. The van der Waals surface area contributed by atoms with Crippen molar-refractivity contribution >= 4 is 29.5 Å². The Labute approximate surface area is 132 Å². The van der Waals surface area contributed by atoms with E-state index in [9.17, 15) is 24.0 Å². The summed E-state index contributed by atoms with van der Waals surface area (Å²) in [6, 6.07) is -3.02. The highest BCUT2D eigenvalue weighted by molar-refractivity contribution is 5.93. The first-order valence-electron chi connectivity index (χ1n) is 6.75. The Kier molecular flexibility index (Phi) is 8.26. The van der Waals surface area contributed by atoms with Crippen molar-refractivity contribution in [2.75, 3.05) is 6.54 Å². The van der Waals surface area contributed by atoms with Crippen LogP contribution in [-0.4, -0.2) is 54.2 Å². The molecule has 9 N–H and O–H groups in total. The fourth-order valence-corrected chi connectivity index (χ4v) is 1.38. The minimum Gasteiger partial charge on any atom is -0.370 e. The summed E-state index contributed by atoms with van der Waals surface area (Å²) in [4.78, 5) is 56.2. The number of amides is 5. The molecule has 130 valence electrons. The van der Waals surface area contributed by atoms with Gasteiger partial charge in [0.2, 0.25) is 29.5 Å². The van der Waals surface area contributed by atoms with E-state index in [0.717, 1.165) is 0 Å². The van der Waals surface area contributed by atoms with Crippen LogP contribution in [0.5, 0.6) is 0 Å². The molecule has 0 aliphatic heterocycles. The summed E-state index contributed by atoms with van der Waals surface area (Å²) < 4.78 is 0. The molecule has 0 saturated heterocycles. The van der Waals surface area contributed by atoms with Crippen molar-refractivity contribution in [1.29, 1.82) is 0 Å². The van der Waals surface area contributed by atoms with Gasteiger partial charge >= 0.3 is 0 Å². The predicted molar refractivity (Wildman–Crippen MR) is 79.2 cm³/mol. The summed E-state index contributed by atoms with van der Waals surface area (Å²) in [6.45, 7) is 2.36. The third-order valence-corrected chi connectivity index (χ3v) is 2.74. The molecule has 0 aromatic heterocycles. The molecule has 0 heterocycles. The van der Waals surface area contributed by atoms with Gasteiger partial charge in [-0.15, -0.1) is 0 Å². The van der Waals surface area contributed by atoms with E-state index in [2.05, 4.69) is 16.0 Å². The lowest BCUT2D eigenvalue weighted by Crippen LogP contribution is -2.53. The maximum atomic E-state index is 11.7. The summed E-state index contributed by atoms with van der Waals surface area (Å²) in [6.07, 6.45) is -0.354. The lowest BCUT2D eigenvalue weighted by molar-refractivity contribution is -0.131. The Morgan fingerprint density at radius 2 is 1.48 bits per heavy atom. The third kappa shape index (κ3) is 8.36. The van der Waals surface area contributed by atoms with Gasteiger partial charge in [-0.05, 0) is 13.8 Å². The third-order valence-electron chi connectivity index (χ3n) is 2.74. The van der Waals surface area contributed by atoms with Crippen LogP contribution >= 0.6 is 0 Å². The molecule has 23 heavy (non-hydrogen) atoms. The smallest absolute Gasteiger partial charge is 0.242 e. The van der Waals surface area contributed by atoms with E-state index in [1.165, 1.54) is 13.8 Å². The maximum Gasteiger partial charge on any atom is 0.242 e. The van der Waals surface area contributed by atoms with E-state index in [0.29, 0.717) is 0 Å². The van der Waals surface area contributed by atoms with Gasteiger partial charge in [0.25, 0.3) is 0 Å². The highest BCUT2D eigenvalue weighted by Gasteiger charge is 2.21. The first-order chi connectivity index (χ1) is 10.5. The Balaban J connectivity index is 4.25. The minimum absolute atomic E-state index is 0.354. The largest absolute Gasteiger partial charge is 0.370 e. The molecule has 0 fully saturated rings. The molecule has 0 radical (unpaired) electrons. The number of hydrogen-bond donors (Lipinski definition) is 6. The topological polar surface area (TPSA) is 200 Å². The Hall–Kier alpha value is -2.69. The van der Waals surface area contributed by atoms with E-state index in [-0.39, 0.29) is 6.42 Å². The Bertz CT molecular complexity index is 494. The van der Waals surface area contributed by atoms with Crippen LogP contribution in [0.1, 0.15) is 20.3 Å². The van der Waals surface area contributed by atoms with Crippen molar-refractivity contribution < 1.29 is 24.0 Å². The number of nitrogens with one attached hydrogen (secondary N) is 3. The van der Waals surface area contributed by atoms with Crippen molar-refractivity contribution in [3.63, 3.8) is 0 Å². The molecule has 2 unspecified atom stereocenters. The van der Waals surface area contributed by atoms with Gasteiger partial charge in [0.05, 0.1) is 19.0 Å². The zero-order valence-corrected chi connectivity index (χ0v) is 12.9. The van der Waals surface area contributed by atoms with Gasteiger partial charge in [-0.3, -0.25) is 24.0 Å². The lowest BCUT2D eigenvalue weighted by atomic mass is 10.2. The minimum atomic E-state index is -1.16. The van der Waals surface area contributed by atoms with Crippen LogP contribution in [0.4, 0.5) is 0 Å². The van der Waals surface area contributed by atoms with Gasteiger partial charge in [-0.25, -0.2) is 0 Å². The molecule has 0 aromatic rings. The molecule has 0 aliphatic rings. The number of primary amides is 2. The SMILES string of the molecule is CC(NC(=O)CNC(=O)[C@@H](C)NC(=O)C(N)CC(N)=O)C(N)=O. The molecular weight excluding hydrogens is 308 g/mol. The molecule has 0 saturated carbocycles. The van der Waals surface area contributed by atoms with Crippen molar-refractivity contribution in [2.45, 2.75) is 38.4 Å². The molecule has 11 nitrogen and oxygen atoms in total. The summed E-state index contributed by atoms with van der Waals surface area (Å²) in [7, 11) is 0. The molecule has 5 amide bonds. The molecule has 0 rings (SSSR count). The number of carbonyl (C=O) groups is 5. The van der Waals surface area contributed by atoms with Crippen molar-refractivity contribution in [3.05, 3.63) is 0 Å². The number of hydrogen-bond acceptors (Lipinski definition) is 6. The summed E-state index contributed by atoms with van der Waals surface area (Å²) in [5, 5.41) is 6.81. The summed E-state index contributed by atoms with van der Waals surface area (Å²) >= 11 is 0. The summed E-state index contributed by atoms with van der Waals surface area (Å²) in [5.74, 6) is -3.45. The number of rotatable bonds is 9. The quantitative estimate of drug-likeness (QED) is 0.247. The van der Waals surface area contributed by atoms with Crippen LogP contribution < -0.4 is 33.2 Å². The Morgan fingerprint density at radius 1 is 0.913 bits per heavy atom. The van der Waals surface area contributed by atoms with Gasteiger partial charge < -0.3 is 33.2 Å². The van der Waals surface area contributed by atoms with E-state index in [4.69, 9.17) is 17.2 Å². The van der Waals surface area contributed by atoms with Gasteiger partial charge in [0.1, 0.15) is 12.1 Å². The first kappa shape index (κ1) is 20.3. The fourth-order valence-electron chi connectivity index (χ4n) is 1.38. The average molecular weight is 330 g/mol. The highest BCUT2D eigenvalue weighted by Crippen LogP contribution is 1.90. The maximum absolute atomic E-state index is 11.7. The highest BCUT2D eigenvalue weighted by atomic mass is 16.2. The molecule has 0 spiro atoms. The average Bonchev–Trinajstić information content (AvgIpc) is 2.43. The molecule has 11 heteroatoms. The zero-order valence-electron chi connectivity index (χ0n) is 12.9. The normalized spacial score (nSPS) is 14.0. The second-order valence-electron chi connectivity index (χ2n) is 4.92. The monoisotopic (exact) mass is 330 g/mol. The van der Waals surface area contributed by atoms with Crippen LogP contribution in [0.3, 0.4) is 0 Å². The van der Waals surface area contributed by atoms with Crippen LogP contribution in [0.25, 0.3) is 0 Å². The van der Waals surface area contributed by atoms with Crippen LogP contribution in [0, 0.1) is 0 Å². The van der Waals surface area contributed by atoms with Crippen molar-refractivity contribution in [1.82, 2.24) is 16.0 Å². The lowest BCUT2D eigenvalue weighted by Gasteiger charge is -2.17. The second kappa shape index (κ2) is 9.35. The second-order valence-corrected chi connectivity index (χ2v) is 4.92. The van der Waals surface area contributed by atoms with E-state index in [1.807, 2.05) is 0 Å². The molecule has 0 bridgehead atoms. The van der Waals surface area contributed by atoms with Gasteiger partial charge in [0, 0.05) is 0 Å². The van der Waals surface area contributed by atoms with Crippen LogP contribution in [0.2, 0.25) is 0 Å². The molecule has 0 aromatic carbocycles.